The molecule has 1 saturated carbocycles. The maximum Gasteiger partial charge on any atom is 0.272 e. The number of nitrogens with zero attached hydrogens (tertiary/aromatic N) is 4. The molecule has 1 aliphatic heterocycles. The second-order valence-corrected chi connectivity index (χ2v) is 5.39. The lowest BCUT2D eigenvalue weighted by Crippen LogP contribution is -2.31. The zero-order valence-electron chi connectivity index (χ0n) is 11.0. The van der Waals surface area contributed by atoms with Crippen molar-refractivity contribution in [2.45, 2.75) is 37.6 Å². The Labute approximate surface area is 115 Å². The molecule has 0 radical (unpaired) electrons. The molecule has 2 aromatic heterocycles. The van der Waals surface area contributed by atoms with Crippen molar-refractivity contribution >= 4 is 5.91 Å². The molecule has 1 aliphatic carbocycles. The van der Waals surface area contributed by atoms with Crippen LogP contribution in [0.4, 0.5) is 0 Å². The summed E-state index contributed by atoms with van der Waals surface area (Å²) < 4.78 is 5.30. The number of aromatic amines is 1. The Morgan fingerprint density at radius 2 is 2.30 bits per heavy atom. The standard InChI is InChI=1S/C13H15N5O2/c19-13(9-5-6-14-16-9)18-7-1-2-10(18)11-15-12(20-17-11)8-3-4-8/h5-6,8,10H,1-4,7H2,(H,14,16)/t10-/m1/s1. The minimum absolute atomic E-state index is 0.0530. The molecule has 1 N–H and O–H groups in total. The van der Waals surface area contributed by atoms with Gasteiger partial charge in [-0.2, -0.15) is 10.1 Å². The van der Waals surface area contributed by atoms with Gasteiger partial charge in [0.15, 0.2) is 5.82 Å². The molecule has 7 heteroatoms. The first-order valence-corrected chi connectivity index (χ1v) is 6.97. The summed E-state index contributed by atoms with van der Waals surface area (Å²) in [6.45, 7) is 0.718. The Kier molecular flexibility index (Phi) is 2.58. The summed E-state index contributed by atoms with van der Waals surface area (Å²) in [7, 11) is 0. The van der Waals surface area contributed by atoms with Gasteiger partial charge in [0.25, 0.3) is 5.91 Å². The highest BCUT2D eigenvalue weighted by Gasteiger charge is 2.36. The molecular formula is C13H15N5O2. The quantitative estimate of drug-likeness (QED) is 0.918. The van der Waals surface area contributed by atoms with Crippen molar-refractivity contribution in [1.82, 2.24) is 25.2 Å². The monoisotopic (exact) mass is 273 g/mol. The van der Waals surface area contributed by atoms with E-state index in [0.717, 1.165) is 38.1 Å². The predicted octanol–water partition coefficient (Wildman–Crippen LogP) is 1.65. The Morgan fingerprint density at radius 3 is 3.05 bits per heavy atom. The number of likely N-dealkylation sites (tertiary alicyclic amines) is 1. The van der Waals surface area contributed by atoms with Gasteiger partial charge in [-0.3, -0.25) is 9.89 Å². The van der Waals surface area contributed by atoms with Crippen molar-refractivity contribution in [2.75, 3.05) is 6.54 Å². The van der Waals surface area contributed by atoms with Crippen LogP contribution in [0.25, 0.3) is 0 Å². The van der Waals surface area contributed by atoms with Gasteiger partial charge >= 0.3 is 0 Å². The highest BCUT2D eigenvalue weighted by atomic mass is 16.5. The number of nitrogens with one attached hydrogen (secondary N) is 1. The van der Waals surface area contributed by atoms with Crippen LogP contribution in [-0.2, 0) is 0 Å². The molecule has 1 saturated heterocycles. The van der Waals surface area contributed by atoms with E-state index in [9.17, 15) is 4.79 Å². The lowest BCUT2D eigenvalue weighted by Gasteiger charge is -2.21. The molecule has 0 unspecified atom stereocenters. The van der Waals surface area contributed by atoms with Gasteiger partial charge in [-0.25, -0.2) is 0 Å². The molecule has 104 valence electrons. The van der Waals surface area contributed by atoms with Crippen LogP contribution in [0.5, 0.6) is 0 Å². The Morgan fingerprint density at radius 1 is 1.40 bits per heavy atom. The number of aromatic nitrogens is 4. The predicted molar refractivity (Wildman–Crippen MR) is 67.9 cm³/mol. The van der Waals surface area contributed by atoms with Crippen LogP contribution < -0.4 is 0 Å². The van der Waals surface area contributed by atoms with E-state index in [1.165, 1.54) is 0 Å². The third-order valence-electron chi connectivity index (χ3n) is 3.93. The molecule has 1 amide bonds. The fourth-order valence-electron chi connectivity index (χ4n) is 2.69. The van der Waals surface area contributed by atoms with Crippen molar-refractivity contribution in [3.63, 3.8) is 0 Å². The Hall–Kier alpha value is -2.18. The first-order valence-electron chi connectivity index (χ1n) is 6.97. The summed E-state index contributed by atoms with van der Waals surface area (Å²) in [6.07, 6.45) is 5.67. The van der Waals surface area contributed by atoms with Crippen LogP contribution in [0.2, 0.25) is 0 Å². The lowest BCUT2D eigenvalue weighted by atomic mass is 10.2. The van der Waals surface area contributed by atoms with E-state index in [4.69, 9.17) is 4.52 Å². The summed E-state index contributed by atoms with van der Waals surface area (Å²) >= 11 is 0. The molecule has 2 aliphatic rings. The normalized spacial score (nSPS) is 22.4. The van der Waals surface area contributed by atoms with E-state index < -0.39 is 0 Å². The van der Waals surface area contributed by atoms with E-state index in [1.54, 1.807) is 17.2 Å². The Bertz CT molecular complexity index is 617. The largest absolute Gasteiger partial charge is 0.339 e. The summed E-state index contributed by atoms with van der Waals surface area (Å²) in [5.41, 5.74) is 0.503. The van der Waals surface area contributed by atoms with Crippen molar-refractivity contribution < 1.29 is 9.32 Å². The van der Waals surface area contributed by atoms with Crippen LogP contribution in [0.15, 0.2) is 16.8 Å². The number of amides is 1. The van der Waals surface area contributed by atoms with Gasteiger partial charge in [0, 0.05) is 18.7 Å². The van der Waals surface area contributed by atoms with Crippen molar-refractivity contribution in [3.05, 3.63) is 29.7 Å². The molecule has 0 aromatic carbocycles. The van der Waals surface area contributed by atoms with Crippen LogP contribution in [0.1, 0.15) is 59.8 Å². The summed E-state index contributed by atoms with van der Waals surface area (Å²) in [5, 5.41) is 10.6. The third kappa shape index (κ3) is 1.90. The number of hydrogen-bond donors (Lipinski definition) is 1. The molecular weight excluding hydrogens is 258 g/mol. The summed E-state index contributed by atoms with van der Waals surface area (Å²) in [4.78, 5) is 18.7. The van der Waals surface area contributed by atoms with Crippen LogP contribution >= 0.6 is 0 Å². The zero-order valence-corrected chi connectivity index (χ0v) is 11.0. The van der Waals surface area contributed by atoms with Gasteiger partial charge in [0.2, 0.25) is 5.89 Å². The number of hydrogen-bond acceptors (Lipinski definition) is 5. The topological polar surface area (TPSA) is 87.9 Å². The minimum atomic E-state index is -0.0814. The van der Waals surface area contributed by atoms with Crippen molar-refractivity contribution in [1.29, 1.82) is 0 Å². The SMILES string of the molecule is O=C(c1ccn[nH]1)N1CCC[C@@H]1c1noc(C2CC2)n1. The molecule has 1 atom stereocenters. The van der Waals surface area contributed by atoms with Gasteiger partial charge in [-0.05, 0) is 31.7 Å². The van der Waals surface area contributed by atoms with Gasteiger partial charge in [-0.1, -0.05) is 5.16 Å². The first kappa shape index (κ1) is 11.6. The van der Waals surface area contributed by atoms with E-state index in [1.807, 2.05) is 0 Å². The summed E-state index contributed by atoms with van der Waals surface area (Å²) in [6, 6.07) is 1.60. The smallest absolute Gasteiger partial charge is 0.272 e. The van der Waals surface area contributed by atoms with Crippen LogP contribution in [0.3, 0.4) is 0 Å². The highest BCUT2D eigenvalue weighted by molar-refractivity contribution is 5.92. The third-order valence-corrected chi connectivity index (χ3v) is 3.93. The molecule has 4 rings (SSSR count). The number of carbonyl (C=O) groups excluding carboxylic acids is 1. The fourth-order valence-corrected chi connectivity index (χ4v) is 2.69. The van der Waals surface area contributed by atoms with Crippen LogP contribution in [0, 0.1) is 0 Å². The van der Waals surface area contributed by atoms with Gasteiger partial charge < -0.3 is 9.42 Å². The first-order chi connectivity index (χ1) is 9.83. The van der Waals surface area contributed by atoms with Gasteiger partial charge in [0.1, 0.15) is 5.69 Å². The van der Waals surface area contributed by atoms with Gasteiger partial charge in [-0.15, -0.1) is 0 Å². The Balaban J connectivity index is 1.58. The zero-order chi connectivity index (χ0) is 13.5. The molecule has 0 spiro atoms. The average Bonchev–Trinajstić information content (AvgIpc) is 2.97. The van der Waals surface area contributed by atoms with Crippen molar-refractivity contribution in [2.24, 2.45) is 0 Å². The maximum atomic E-state index is 12.4. The second-order valence-electron chi connectivity index (χ2n) is 5.39. The fraction of sp³-hybridized carbons (Fsp3) is 0.538. The molecule has 2 aromatic rings. The number of rotatable bonds is 3. The average molecular weight is 273 g/mol. The molecule has 2 fully saturated rings. The minimum Gasteiger partial charge on any atom is -0.339 e. The number of carbonyl (C=O) groups is 1. The van der Waals surface area contributed by atoms with E-state index in [2.05, 4.69) is 20.3 Å². The molecule has 20 heavy (non-hydrogen) atoms. The maximum absolute atomic E-state index is 12.4. The van der Waals surface area contributed by atoms with E-state index in [-0.39, 0.29) is 11.9 Å². The van der Waals surface area contributed by atoms with E-state index in [0.29, 0.717) is 17.4 Å². The van der Waals surface area contributed by atoms with Gasteiger partial charge in [0.05, 0.1) is 6.04 Å². The second kappa shape index (κ2) is 4.43. The lowest BCUT2D eigenvalue weighted by molar-refractivity contribution is 0.0722. The summed E-state index contributed by atoms with van der Waals surface area (Å²) in [5.74, 6) is 1.75. The highest BCUT2D eigenvalue weighted by Crippen LogP contribution is 2.40. The number of H-pyrrole nitrogens is 1. The molecule has 3 heterocycles. The van der Waals surface area contributed by atoms with Crippen LogP contribution in [-0.4, -0.2) is 37.7 Å². The molecule has 7 nitrogen and oxygen atoms in total. The molecule has 0 bridgehead atoms. The van der Waals surface area contributed by atoms with Crippen molar-refractivity contribution in [3.8, 4) is 0 Å². The van der Waals surface area contributed by atoms with E-state index >= 15 is 0 Å².